The van der Waals surface area contributed by atoms with Crippen molar-refractivity contribution in [3.8, 4) is 0 Å². The lowest BCUT2D eigenvalue weighted by atomic mass is 9.97. The first-order valence-corrected chi connectivity index (χ1v) is 7.50. The molecule has 0 atom stereocenters. The van der Waals surface area contributed by atoms with Gasteiger partial charge in [0.05, 0.1) is 0 Å². The van der Waals surface area contributed by atoms with Gasteiger partial charge >= 0.3 is 0 Å². The fourth-order valence-electron chi connectivity index (χ4n) is 2.81. The molecule has 3 aromatic rings. The van der Waals surface area contributed by atoms with Crippen molar-refractivity contribution in [2.45, 2.75) is 6.54 Å². The van der Waals surface area contributed by atoms with E-state index >= 15 is 0 Å². The molecule has 0 unspecified atom stereocenters. The van der Waals surface area contributed by atoms with Crippen LogP contribution >= 0.6 is 0 Å². The van der Waals surface area contributed by atoms with Crippen LogP contribution in [0.4, 0.5) is 0 Å². The second kappa shape index (κ2) is 6.25. The van der Waals surface area contributed by atoms with Crippen LogP contribution in [0.1, 0.15) is 5.56 Å². The molecular weight excluding hydrogens is 256 g/mol. The van der Waals surface area contributed by atoms with E-state index in [-0.39, 0.29) is 0 Å². The van der Waals surface area contributed by atoms with Crippen molar-refractivity contribution in [1.82, 2.24) is 10.2 Å². The molecule has 1 N–H and O–H groups in total. The first kappa shape index (κ1) is 14.1. The Morgan fingerprint density at radius 1 is 0.857 bits per heavy atom. The number of nitrogens with zero attached hydrogens (tertiary/aromatic N) is 1. The second-order valence-electron chi connectivity index (χ2n) is 5.78. The Morgan fingerprint density at radius 2 is 1.43 bits per heavy atom. The smallest absolute Gasteiger partial charge is 0.0218 e. The summed E-state index contributed by atoms with van der Waals surface area (Å²) in [6.07, 6.45) is 0. The molecule has 0 aliphatic heterocycles. The van der Waals surface area contributed by atoms with Gasteiger partial charge in [0.1, 0.15) is 0 Å². The molecule has 21 heavy (non-hydrogen) atoms. The number of hydrogen-bond acceptors (Lipinski definition) is 2. The van der Waals surface area contributed by atoms with Crippen LogP contribution in [-0.2, 0) is 6.54 Å². The van der Waals surface area contributed by atoms with Gasteiger partial charge in [-0.05, 0) is 47.3 Å². The summed E-state index contributed by atoms with van der Waals surface area (Å²) >= 11 is 0. The first-order chi connectivity index (χ1) is 10.3. The quantitative estimate of drug-likeness (QED) is 0.566. The van der Waals surface area contributed by atoms with Crippen LogP contribution in [0.15, 0.2) is 54.6 Å². The average Bonchev–Trinajstić information content (AvgIpc) is 2.50. The van der Waals surface area contributed by atoms with E-state index < -0.39 is 0 Å². The lowest BCUT2D eigenvalue weighted by Gasteiger charge is -2.14. The lowest BCUT2D eigenvalue weighted by Crippen LogP contribution is -2.26. The third-order valence-electron chi connectivity index (χ3n) is 3.92. The molecule has 0 saturated heterocycles. The van der Waals surface area contributed by atoms with Crippen LogP contribution < -0.4 is 5.32 Å². The van der Waals surface area contributed by atoms with Gasteiger partial charge in [-0.2, -0.15) is 0 Å². The molecule has 2 nitrogen and oxygen atoms in total. The van der Waals surface area contributed by atoms with Gasteiger partial charge in [0.15, 0.2) is 0 Å². The van der Waals surface area contributed by atoms with E-state index in [1.54, 1.807) is 0 Å². The minimum Gasteiger partial charge on any atom is -0.311 e. The zero-order valence-corrected chi connectivity index (χ0v) is 12.8. The number of likely N-dealkylation sites (N-methyl/N-ethyl adjacent to an activating group) is 1. The Balaban J connectivity index is 1.99. The third-order valence-corrected chi connectivity index (χ3v) is 3.92. The molecular formula is C19H22N2. The Labute approximate surface area is 126 Å². The summed E-state index contributed by atoms with van der Waals surface area (Å²) in [7, 11) is 4.21. The monoisotopic (exact) mass is 278 g/mol. The lowest BCUT2D eigenvalue weighted by molar-refractivity contribution is 0.400. The van der Waals surface area contributed by atoms with Gasteiger partial charge in [0.25, 0.3) is 0 Å². The highest BCUT2D eigenvalue weighted by atomic mass is 15.1. The van der Waals surface area contributed by atoms with Gasteiger partial charge in [0, 0.05) is 19.6 Å². The van der Waals surface area contributed by atoms with E-state index in [2.05, 4.69) is 78.9 Å². The summed E-state index contributed by atoms with van der Waals surface area (Å²) in [5, 5.41) is 8.93. The Hall–Kier alpha value is -1.90. The largest absolute Gasteiger partial charge is 0.311 e. The molecule has 3 aromatic carbocycles. The Kier molecular flexibility index (Phi) is 4.18. The third kappa shape index (κ3) is 3.07. The normalized spacial score (nSPS) is 11.6. The molecule has 0 aliphatic carbocycles. The van der Waals surface area contributed by atoms with Crippen molar-refractivity contribution in [3.05, 3.63) is 60.2 Å². The van der Waals surface area contributed by atoms with Crippen LogP contribution in [0.25, 0.3) is 21.5 Å². The average molecular weight is 278 g/mol. The van der Waals surface area contributed by atoms with Crippen LogP contribution in [-0.4, -0.2) is 32.1 Å². The molecule has 0 amide bonds. The maximum absolute atomic E-state index is 3.58. The van der Waals surface area contributed by atoms with Crippen molar-refractivity contribution in [2.24, 2.45) is 0 Å². The summed E-state index contributed by atoms with van der Waals surface area (Å²) in [5.41, 5.74) is 1.41. The van der Waals surface area contributed by atoms with Crippen molar-refractivity contribution in [2.75, 3.05) is 27.2 Å². The number of fused-ring (bicyclic) bond motifs is 2. The Morgan fingerprint density at radius 3 is 2.00 bits per heavy atom. The zero-order chi connectivity index (χ0) is 14.7. The van der Waals surface area contributed by atoms with Crippen molar-refractivity contribution in [1.29, 1.82) is 0 Å². The highest BCUT2D eigenvalue weighted by Crippen LogP contribution is 2.28. The fourth-order valence-corrected chi connectivity index (χ4v) is 2.81. The summed E-state index contributed by atoms with van der Waals surface area (Å²) < 4.78 is 0. The van der Waals surface area contributed by atoms with Gasteiger partial charge in [-0.15, -0.1) is 0 Å². The summed E-state index contributed by atoms with van der Waals surface area (Å²) in [6, 6.07) is 19.6. The van der Waals surface area contributed by atoms with Crippen LogP contribution in [0.5, 0.6) is 0 Å². The molecule has 3 rings (SSSR count). The van der Waals surface area contributed by atoms with Gasteiger partial charge in [-0.25, -0.2) is 0 Å². The van der Waals surface area contributed by atoms with Crippen molar-refractivity contribution >= 4 is 21.5 Å². The van der Waals surface area contributed by atoms with E-state index in [1.165, 1.54) is 27.1 Å². The molecule has 0 aliphatic rings. The molecule has 108 valence electrons. The van der Waals surface area contributed by atoms with Gasteiger partial charge in [-0.1, -0.05) is 48.5 Å². The van der Waals surface area contributed by atoms with Gasteiger partial charge < -0.3 is 10.2 Å². The maximum atomic E-state index is 3.58. The summed E-state index contributed by atoms with van der Waals surface area (Å²) in [4.78, 5) is 2.20. The molecule has 0 bridgehead atoms. The van der Waals surface area contributed by atoms with Gasteiger partial charge in [-0.3, -0.25) is 0 Å². The molecule has 0 fully saturated rings. The molecule has 2 heteroatoms. The minimum absolute atomic E-state index is 0.912. The molecule has 0 heterocycles. The SMILES string of the molecule is CN(C)CCNCc1c2ccccc2cc2ccccc12. The molecule has 0 spiro atoms. The highest BCUT2D eigenvalue weighted by Gasteiger charge is 2.06. The summed E-state index contributed by atoms with van der Waals surface area (Å²) in [6.45, 7) is 2.98. The van der Waals surface area contributed by atoms with Crippen LogP contribution in [0, 0.1) is 0 Å². The standard InChI is InChI=1S/C19H22N2/c1-21(2)12-11-20-14-19-17-9-5-3-7-15(17)13-16-8-4-6-10-18(16)19/h3-10,13,20H,11-12,14H2,1-2H3. The predicted molar refractivity (Wildman–Crippen MR) is 91.7 cm³/mol. The number of nitrogens with one attached hydrogen (secondary N) is 1. The molecule has 0 saturated carbocycles. The van der Waals surface area contributed by atoms with Gasteiger partial charge in [0.2, 0.25) is 0 Å². The van der Waals surface area contributed by atoms with Crippen molar-refractivity contribution in [3.63, 3.8) is 0 Å². The fraction of sp³-hybridized carbons (Fsp3) is 0.263. The van der Waals surface area contributed by atoms with E-state index in [1.807, 2.05) is 0 Å². The van der Waals surface area contributed by atoms with Crippen molar-refractivity contribution < 1.29 is 0 Å². The topological polar surface area (TPSA) is 15.3 Å². The van der Waals surface area contributed by atoms with E-state index in [0.29, 0.717) is 0 Å². The Bertz CT molecular complexity index is 693. The highest BCUT2D eigenvalue weighted by molar-refractivity contribution is 6.02. The van der Waals surface area contributed by atoms with E-state index in [4.69, 9.17) is 0 Å². The van der Waals surface area contributed by atoms with Crippen LogP contribution in [0.2, 0.25) is 0 Å². The van der Waals surface area contributed by atoms with Crippen LogP contribution in [0.3, 0.4) is 0 Å². The molecule has 0 radical (unpaired) electrons. The number of benzene rings is 3. The van der Waals surface area contributed by atoms with E-state index in [0.717, 1.165) is 19.6 Å². The first-order valence-electron chi connectivity index (χ1n) is 7.50. The number of hydrogen-bond donors (Lipinski definition) is 1. The van der Waals surface area contributed by atoms with E-state index in [9.17, 15) is 0 Å². The zero-order valence-electron chi connectivity index (χ0n) is 12.8. The maximum Gasteiger partial charge on any atom is 0.0218 e. The number of rotatable bonds is 5. The second-order valence-corrected chi connectivity index (χ2v) is 5.78. The summed E-state index contributed by atoms with van der Waals surface area (Å²) in [5.74, 6) is 0. The predicted octanol–water partition coefficient (Wildman–Crippen LogP) is 3.64. The minimum atomic E-state index is 0.912. The molecule has 0 aromatic heterocycles.